The predicted octanol–water partition coefficient (Wildman–Crippen LogP) is 4.41. The molecule has 1 aromatic heterocycles. The molecule has 2 amide bonds. The fraction of sp³-hybridized carbons (Fsp3) is 0.385. The molecule has 1 atom stereocenters. The summed E-state index contributed by atoms with van der Waals surface area (Å²) in [6, 6.07) is 15.3. The SMILES string of the molecule is Cc1ccc2[nH]c(=O)c(CN(CC3COCCO3)C(=O)Nc3ccc(C(C)C)cc3)cc2c1. The highest BCUT2D eigenvalue weighted by molar-refractivity contribution is 5.89. The van der Waals surface area contributed by atoms with Crippen LogP contribution in [0.4, 0.5) is 10.5 Å². The molecular weight excluding hydrogens is 418 g/mol. The van der Waals surface area contributed by atoms with Crippen LogP contribution in [0.5, 0.6) is 0 Å². The van der Waals surface area contributed by atoms with Crippen molar-refractivity contribution < 1.29 is 14.3 Å². The van der Waals surface area contributed by atoms with E-state index in [9.17, 15) is 9.59 Å². The Balaban J connectivity index is 1.57. The van der Waals surface area contributed by atoms with E-state index in [2.05, 4.69) is 24.1 Å². The number of nitrogens with one attached hydrogen (secondary N) is 2. The Labute approximate surface area is 193 Å². The molecule has 0 spiro atoms. The summed E-state index contributed by atoms with van der Waals surface area (Å²) in [6.07, 6.45) is -0.241. The lowest BCUT2D eigenvalue weighted by atomic mass is 10.0. The van der Waals surface area contributed by atoms with E-state index in [0.717, 1.165) is 16.5 Å². The fourth-order valence-electron chi connectivity index (χ4n) is 3.96. The summed E-state index contributed by atoms with van der Waals surface area (Å²) in [5.41, 5.74) is 4.11. The zero-order chi connectivity index (χ0) is 23.4. The smallest absolute Gasteiger partial charge is 0.322 e. The summed E-state index contributed by atoms with van der Waals surface area (Å²) in [4.78, 5) is 30.5. The van der Waals surface area contributed by atoms with Crippen LogP contribution in [-0.4, -0.2) is 48.4 Å². The Morgan fingerprint density at radius 1 is 1.15 bits per heavy atom. The molecule has 2 heterocycles. The molecule has 174 valence electrons. The van der Waals surface area contributed by atoms with Gasteiger partial charge in [-0.05, 0) is 54.1 Å². The lowest BCUT2D eigenvalue weighted by Gasteiger charge is -2.30. The molecule has 33 heavy (non-hydrogen) atoms. The number of hydrogen-bond acceptors (Lipinski definition) is 4. The normalized spacial score (nSPS) is 16.2. The highest BCUT2D eigenvalue weighted by Gasteiger charge is 2.23. The maximum atomic E-state index is 13.2. The molecule has 0 radical (unpaired) electrons. The average Bonchev–Trinajstić information content (AvgIpc) is 2.80. The third-order valence-corrected chi connectivity index (χ3v) is 5.86. The molecule has 7 nitrogen and oxygen atoms in total. The van der Waals surface area contributed by atoms with Crippen LogP contribution in [0.2, 0.25) is 0 Å². The Bertz CT molecular complexity index is 1160. The van der Waals surface area contributed by atoms with E-state index < -0.39 is 0 Å². The molecule has 0 bridgehead atoms. The number of anilines is 1. The topological polar surface area (TPSA) is 83.7 Å². The minimum Gasteiger partial charge on any atom is -0.376 e. The lowest BCUT2D eigenvalue weighted by molar-refractivity contribution is -0.0943. The molecule has 1 unspecified atom stereocenters. The Hall–Kier alpha value is -3.16. The second-order valence-corrected chi connectivity index (χ2v) is 8.87. The van der Waals surface area contributed by atoms with Gasteiger partial charge in [0.05, 0.1) is 39.0 Å². The molecule has 1 aliphatic rings. The van der Waals surface area contributed by atoms with Gasteiger partial charge >= 0.3 is 6.03 Å². The van der Waals surface area contributed by atoms with E-state index in [1.54, 1.807) is 4.90 Å². The minimum atomic E-state index is -0.287. The molecule has 2 aromatic carbocycles. The van der Waals surface area contributed by atoms with Gasteiger partial charge in [0.15, 0.2) is 0 Å². The first kappa shape index (κ1) is 23.0. The average molecular weight is 450 g/mol. The number of hydrogen-bond donors (Lipinski definition) is 2. The van der Waals surface area contributed by atoms with Crippen LogP contribution in [0.3, 0.4) is 0 Å². The van der Waals surface area contributed by atoms with Crippen molar-refractivity contribution in [2.75, 3.05) is 31.7 Å². The number of rotatable bonds is 6. The third kappa shape index (κ3) is 5.80. The molecule has 0 saturated carbocycles. The van der Waals surface area contributed by atoms with E-state index in [1.807, 2.05) is 55.5 Å². The van der Waals surface area contributed by atoms with Gasteiger partial charge in [0.25, 0.3) is 5.56 Å². The predicted molar refractivity (Wildman–Crippen MR) is 130 cm³/mol. The van der Waals surface area contributed by atoms with Gasteiger partial charge in [0, 0.05) is 16.8 Å². The van der Waals surface area contributed by atoms with Crippen molar-refractivity contribution in [1.29, 1.82) is 0 Å². The summed E-state index contributed by atoms with van der Waals surface area (Å²) < 4.78 is 11.3. The first-order chi connectivity index (χ1) is 15.9. The summed E-state index contributed by atoms with van der Waals surface area (Å²) in [7, 11) is 0. The van der Waals surface area contributed by atoms with E-state index in [0.29, 0.717) is 43.5 Å². The van der Waals surface area contributed by atoms with Gasteiger partial charge in [-0.3, -0.25) is 4.79 Å². The van der Waals surface area contributed by atoms with Gasteiger partial charge < -0.3 is 24.7 Å². The largest absolute Gasteiger partial charge is 0.376 e. The van der Waals surface area contributed by atoms with Crippen molar-refractivity contribution >= 4 is 22.6 Å². The van der Waals surface area contributed by atoms with E-state index in [4.69, 9.17) is 9.47 Å². The number of fused-ring (bicyclic) bond motifs is 1. The first-order valence-electron chi connectivity index (χ1n) is 11.4. The highest BCUT2D eigenvalue weighted by Crippen LogP contribution is 2.19. The lowest BCUT2D eigenvalue weighted by Crippen LogP contribution is -2.44. The van der Waals surface area contributed by atoms with E-state index in [1.165, 1.54) is 5.56 Å². The Kier molecular flexibility index (Phi) is 7.11. The maximum Gasteiger partial charge on any atom is 0.322 e. The molecule has 7 heteroatoms. The number of amides is 2. The van der Waals surface area contributed by atoms with Crippen LogP contribution >= 0.6 is 0 Å². The Morgan fingerprint density at radius 3 is 2.64 bits per heavy atom. The summed E-state index contributed by atoms with van der Waals surface area (Å²) in [5.74, 6) is 0.415. The number of benzene rings is 2. The van der Waals surface area contributed by atoms with Crippen molar-refractivity contribution in [2.24, 2.45) is 0 Å². The molecule has 4 rings (SSSR count). The van der Waals surface area contributed by atoms with Crippen molar-refractivity contribution in [1.82, 2.24) is 9.88 Å². The van der Waals surface area contributed by atoms with Crippen LogP contribution in [0.15, 0.2) is 53.3 Å². The number of aromatic nitrogens is 1. The quantitative estimate of drug-likeness (QED) is 0.584. The van der Waals surface area contributed by atoms with E-state index >= 15 is 0 Å². The number of carbonyl (C=O) groups is 1. The molecule has 1 fully saturated rings. The number of aryl methyl sites for hydroxylation is 1. The van der Waals surface area contributed by atoms with Crippen LogP contribution < -0.4 is 10.9 Å². The van der Waals surface area contributed by atoms with Gasteiger partial charge in [-0.1, -0.05) is 37.6 Å². The molecule has 1 aliphatic heterocycles. The monoisotopic (exact) mass is 449 g/mol. The third-order valence-electron chi connectivity index (χ3n) is 5.86. The standard InChI is InChI=1S/C26H31N3O4/c1-17(2)19-5-7-22(8-6-19)27-26(31)29(15-23-16-32-10-11-33-23)14-21-13-20-12-18(3)4-9-24(20)28-25(21)30/h4-9,12-13,17,23H,10-11,14-16H2,1-3H3,(H,27,31)(H,28,30). The zero-order valence-corrected chi connectivity index (χ0v) is 19.4. The summed E-state index contributed by atoms with van der Waals surface area (Å²) in [6.45, 7) is 8.21. The number of H-pyrrole nitrogens is 1. The molecule has 0 aliphatic carbocycles. The molecule has 2 N–H and O–H groups in total. The van der Waals surface area contributed by atoms with Crippen molar-refractivity contribution in [3.8, 4) is 0 Å². The maximum absolute atomic E-state index is 13.2. The van der Waals surface area contributed by atoms with Crippen LogP contribution in [0, 0.1) is 6.92 Å². The van der Waals surface area contributed by atoms with E-state index in [-0.39, 0.29) is 24.2 Å². The first-order valence-corrected chi connectivity index (χ1v) is 11.4. The minimum absolute atomic E-state index is 0.162. The number of nitrogens with zero attached hydrogens (tertiary/aromatic N) is 1. The van der Waals surface area contributed by atoms with Gasteiger partial charge in [-0.2, -0.15) is 0 Å². The molecule has 1 saturated heterocycles. The number of urea groups is 1. The number of ether oxygens (including phenoxy) is 2. The second-order valence-electron chi connectivity index (χ2n) is 8.87. The Morgan fingerprint density at radius 2 is 1.94 bits per heavy atom. The summed E-state index contributed by atoms with van der Waals surface area (Å²) in [5, 5.41) is 3.90. The van der Waals surface area contributed by atoms with Crippen LogP contribution in [-0.2, 0) is 16.0 Å². The second kappa shape index (κ2) is 10.2. The van der Waals surface area contributed by atoms with Crippen molar-refractivity contribution in [2.45, 2.75) is 39.3 Å². The summed E-state index contributed by atoms with van der Waals surface area (Å²) >= 11 is 0. The van der Waals surface area contributed by atoms with Gasteiger partial charge in [-0.15, -0.1) is 0 Å². The highest BCUT2D eigenvalue weighted by atomic mass is 16.6. The van der Waals surface area contributed by atoms with Crippen LogP contribution in [0.25, 0.3) is 10.9 Å². The van der Waals surface area contributed by atoms with Gasteiger partial charge in [0.1, 0.15) is 0 Å². The van der Waals surface area contributed by atoms with Crippen LogP contribution in [0.1, 0.15) is 36.5 Å². The van der Waals surface area contributed by atoms with Gasteiger partial charge in [-0.25, -0.2) is 4.79 Å². The molecular formula is C26H31N3O4. The zero-order valence-electron chi connectivity index (χ0n) is 19.4. The number of aromatic amines is 1. The number of pyridine rings is 1. The number of carbonyl (C=O) groups excluding carboxylic acids is 1. The van der Waals surface area contributed by atoms with Gasteiger partial charge in [0.2, 0.25) is 0 Å². The van der Waals surface area contributed by atoms with Crippen molar-refractivity contribution in [3.05, 3.63) is 75.6 Å². The van der Waals surface area contributed by atoms with Crippen molar-refractivity contribution in [3.63, 3.8) is 0 Å². The fourth-order valence-corrected chi connectivity index (χ4v) is 3.96. The molecule has 3 aromatic rings.